The molecule has 0 atom stereocenters. The van der Waals surface area contributed by atoms with E-state index in [1.54, 1.807) is 24.3 Å². The first-order valence-electron chi connectivity index (χ1n) is 9.94. The van der Waals surface area contributed by atoms with Crippen molar-refractivity contribution in [2.45, 2.75) is 13.5 Å². The number of methoxy groups -OCH3 is 1. The van der Waals surface area contributed by atoms with Gasteiger partial charge in [0, 0.05) is 6.07 Å². The Morgan fingerprint density at radius 3 is 2.52 bits per heavy atom. The van der Waals surface area contributed by atoms with Crippen LogP contribution in [0.1, 0.15) is 16.7 Å². The molecule has 0 spiro atoms. The molecule has 0 aliphatic carbocycles. The summed E-state index contributed by atoms with van der Waals surface area (Å²) in [6.07, 6.45) is 1.37. The molecule has 1 N–H and O–H groups in total. The van der Waals surface area contributed by atoms with Crippen LogP contribution in [0.25, 0.3) is 6.08 Å². The summed E-state index contributed by atoms with van der Waals surface area (Å²) in [5, 5.41) is 23.0. The Morgan fingerprint density at radius 2 is 1.85 bits per heavy atom. The summed E-state index contributed by atoms with van der Waals surface area (Å²) in [5.41, 5.74) is 2.22. The average molecular weight is 443 g/mol. The van der Waals surface area contributed by atoms with Crippen LogP contribution in [0.4, 0.5) is 11.4 Å². The number of rotatable bonds is 8. The topological polar surface area (TPSA) is 114 Å². The molecule has 3 rings (SSSR count). The number of benzene rings is 3. The van der Waals surface area contributed by atoms with E-state index in [1.807, 2.05) is 37.3 Å². The van der Waals surface area contributed by atoms with Crippen molar-refractivity contribution in [3.8, 4) is 17.6 Å². The van der Waals surface area contributed by atoms with Crippen molar-refractivity contribution >= 4 is 23.4 Å². The van der Waals surface area contributed by atoms with Crippen LogP contribution in [0.15, 0.2) is 72.3 Å². The van der Waals surface area contributed by atoms with E-state index < -0.39 is 10.8 Å². The molecule has 0 fully saturated rings. The van der Waals surface area contributed by atoms with Crippen LogP contribution in [-0.2, 0) is 11.4 Å². The van der Waals surface area contributed by atoms with Gasteiger partial charge in [0.15, 0.2) is 11.5 Å². The fraction of sp³-hybridized carbons (Fsp3) is 0.120. The number of aryl methyl sites for hydroxylation is 1. The number of nitrogens with zero attached hydrogens (tertiary/aromatic N) is 2. The molecule has 0 saturated carbocycles. The number of nitro groups is 1. The second-order valence-corrected chi connectivity index (χ2v) is 7.08. The van der Waals surface area contributed by atoms with Crippen LogP contribution in [0.3, 0.4) is 0 Å². The zero-order chi connectivity index (χ0) is 23.8. The molecule has 8 nitrogen and oxygen atoms in total. The Morgan fingerprint density at radius 1 is 1.12 bits per heavy atom. The van der Waals surface area contributed by atoms with E-state index in [-0.39, 0.29) is 16.9 Å². The quantitative estimate of drug-likeness (QED) is 0.226. The van der Waals surface area contributed by atoms with E-state index in [1.165, 1.54) is 31.4 Å². The van der Waals surface area contributed by atoms with Crippen molar-refractivity contribution in [2.75, 3.05) is 12.4 Å². The molecule has 0 aliphatic heterocycles. The molecule has 0 unspecified atom stereocenters. The molecular formula is C25H21N3O5. The van der Waals surface area contributed by atoms with Crippen molar-refractivity contribution in [2.24, 2.45) is 0 Å². The maximum Gasteiger partial charge on any atom is 0.292 e. The zero-order valence-electron chi connectivity index (χ0n) is 18.1. The third-order valence-electron chi connectivity index (χ3n) is 4.73. The molecule has 3 aromatic rings. The Balaban J connectivity index is 1.78. The van der Waals surface area contributed by atoms with Gasteiger partial charge in [-0.1, -0.05) is 48.0 Å². The summed E-state index contributed by atoms with van der Waals surface area (Å²) in [6, 6.07) is 20.5. The molecule has 33 heavy (non-hydrogen) atoms. The van der Waals surface area contributed by atoms with Crippen LogP contribution in [-0.4, -0.2) is 17.9 Å². The van der Waals surface area contributed by atoms with Crippen molar-refractivity contribution in [1.29, 1.82) is 5.26 Å². The number of amides is 1. The molecule has 0 saturated heterocycles. The van der Waals surface area contributed by atoms with Gasteiger partial charge in [-0.15, -0.1) is 0 Å². The highest BCUT2D eigenvalue weighted by Gasteiger charge is 2.17. The van der Waals surface area contributed by atoms with Crippen molar-refractivity contribution in [1.82, 2.24) is 0 Å². The largest absolute Gasteiger partial charge is 0.493 e. The first-order chi connectivity index (χ1) is 15.9. The van der Waals surface area contributed by atoms with Crippen LogP contribution in [0, 0.1) is 28.4 Å². The minimum absolute atomic E-state index is 0.00563. The van der Waals surface area contributed by atoms with E-state index in [9.17, 15) is 20.2 Å². The SMILES string of the molecule is COc1cc(/C=C(/C#N)C(=O)Nc2ccccc2[N+](=O)[O-])ccc1OCc1ccc(C)cc1. The second-order valence-electron chi connectivity index (χ2n) is 7.08. The normalized spacial score (nSPS) is 10.8. The molecule has 0 radical (unpaired) electrons. The summed E-state index contributed by atoms with van der Waals surface area (Å²) in [6.45, 7) is 2.37. The van der Waals surface area contributed by atoms with E-state index in [4.69, 9.17) is 9.47 Å². The predicted molar refractivity (Wildman–Crippen MR) is 124 cm³/mol. The number of hydrogen-bond donors (Lipinski definition) is 1. The molecule has 0 heterocycles. The number of para-hydroxylation sites is 2. The van der Waals surface area contributed by atoms with Gasteiger partial charge in [0.1, 0.15) is 23.9 Å². The smallest absolute Gasteiger partial charge is 0.292 e. The number of carbonyl (C=O) groups is 1. The highest BCUT2D eigenvalue weighted by atomic mass is 16.6. The van der Waals surface area contributed by atoms with Crippen LogP contribution >= 0.6 is 0 Å². The minimum Gasteiger partial charge on any atom is -0.493 e. The number of carbonyl (C=O) groups excluding carboxylic acids is 1. The van der Waals surface area contributed by atoms with Crippen molar-refractivity contribution < 1.29 is 19.2 Å². The van der Waals surface area contributed by atoms with Gasteiger partial charge in [0.25, 0.3) is 11.6 Å². The van der Waals surface area contributed by atoms with Crippen LogP contribution < -0.4 is 14.8 Å². The molecule has 0 bridgehead atoms. The summed E-state index contributed by atoms with van der Waals surface area (Å²) >= 11 is 0. The number of nitriles is 1. The fourth-order valence-corrected chi connectivity index (χ4v) is 2.98. The van der Waals surface area contributed by atoms with Crippen LogP contribution in [0.5, 0.6) is 11.5 Å². The lowest BCUT2D eigenvalue weighted by Crippen LogP contribution is -2.14. The van der Waals surface area contributed by atoms with Gasteiger partial charge in [-0.3, -0.25) is 14.9 Å². The third kappa shape index (κ3) is 5.95. The van der Waals surface area contributed by atoms with Gasteiger partial charge >= 0.3 is 0 Å². The Hall–Kier alpha value is -4.64. The summed E-state index contributed by atoms with van der Waals surface area (Å²) in [7, 11) is 1.49. The monoisotopic (exact) mass is 443 g/mol. The lowest BCUT2D eigenvalue weighted by Gasteiger charge is -2.12. The Labute approximate surface area is 190 Å². The first-order valence-corrected chi connectivity index (χ1v) is 9.94. The summed E-state index contributed by atoms with van der Waals surface area (Å²) in [5.74, 6) is 0.191. The number of anilines is 1. The summed E-state index contributed by atoms with van der Waals surface area (Å²) in [4.78, 5) is 23.1. The molecule has 0 aromatic heterocycles. The zero-order valence-corrected chi connectivity index (χ0v) is 18.1. The predicted octanol–water partition coefficient (Wildman–Crippen LogP) is 5.04. The van der Waals surface area contributed by atoms with Crippen LogP contribution in [0.2, 0.25) is 0 Å². The molecule has 166 valence electrons. The molecule has 8 heteroatoms. The van der Waals surface area contributed by atoms with E-state index >= 15 is 0 Å². The minimum atomic E-state index is -0.759. The number of ether oxygens (including phenoxy) is 2. The van der Waals surface area contributed by atoms with Gasteiger partial charge < -0.3 is 14.8 Å². The average Bonchev–Trinajstić information content (AvgIpc) is 2.82. The third-order valence-corrected chi connectivity index (χ3v) is 4.73. The lowest BCUT2D eigenvalue weighted by molar-refractivity contribution is -0.383. The fourth-order valence-electron chi connectivity index (χ4n) is 2.98. The van der Waals surface area contributed by atoms with E-state index in [0.29, 0.717) is 23.7 Å². The van der Waals surface area contributed by atoms with Gasteiger partial charge in [-0.25, -0.2) is 0 Å². The van der Waals surface area contributed by atoms with E-state index in [0.717, 1.165) is 11.1 Å². The van der Waals surface area contributed by atoms with Crippen molar-refractivity contribution in [3.05, 3.63) is 99.1 Å². The molecule has 3 aromatic carbocycles. The molecular weight excluding hydrogens is 422 g/mol. The van der Waals surface area contributed by atoms with Gasteiger partial charge in [0.05, 0.1) is 12.0 Å². The van der Waals surface area contributed by atoms with Gasteiger partial charge in [-0.05, 0) is 42.3 Å². The molecule has 0 aliphatic rings. The standard InChI is InChI=1S/C25H21N3O5/c1-17-7-9-18(10-8-17)16-33-23-12-11-19(14-24(23)32-2)13-20(15-26)25(29)27-21-5-3-4-6-22(21)28(30)31/h3-14H,16H2,1-2H3,(H,27,29)/b20-13-. The lowest BCUT2D eigenvalue weighted by atomic mass is 10.1. The maximum atomic E-state index is 12.5. The summed E-state index contributed by atoms with van der Waals surface area (Å²) < 4.78 is 11.2. The Kier molecular flexibility index (Phi) is 7.39. The number of hydrogen-bond acceptors (Lipinski definition) is 6. The molecule has 1 amide bonds. The number of nitro benzene ring substituents is 1. The van der Waals surface area contributed by atoms with Gasteiger partial charge in [0.2, 0.25) is 0 Å². The highest BCUT2D eigenvalue weighted by molar-refractivity contribution is 6.10. The van der Waals surface area contributed by atoms with E-state index in [2.05, 4.69) is 5.32 Å². The Bertz CT molecular complexity index is 1240. The maximum absolute atomic E-state index is 12.5. The number of nitrogens with one attached hydrogen (secondary N) is 1. The first kappa shape index (κ1) is 23.0. The highest BCUT2D eigenvalue weighted by Crippen LogP contribution is 2.30. The van der Waals surface area contributed by atoms with Crippen molar-refractivity contribution in [3.63, 3.8) is 0 Å². The van der Waals surface area contributed by atoms with Gasteiger partial charge in [-0.2, -0.15) is 5.26 Å². The second kappa shape index (κ2) is 10.6.